The molecule has 4 aromatic rings. The molecule has 0 spiro atoms. The van der Waals surface area contributed by atoms with Crippen LogP contribution >= 0.6 is 0 Å². The first-order valence-electron chi connectivity index (χ1n) is 12.9. The van der Waals surface area contributed by atoms with E-state index in [2.05, 4.69) is 0 Å². The second kappa shape index (κ2) is 12.8. The third kappa shape index (κ3) is 6.85. The number of hydrogen-bond donors (Lipinski definition) is 1. The lowest BCUT2D eigenvalue weighted by atomic mass is 9.88. The monoisotopic (exact) mass is 523 g/mol. The number of aliphatic carboxylic acids is 1. The van der Waals surface area contributed by atoms with Crippen LogP contribution in [0.25, 0.3) is 0 Å². The minimum Gasteiger partial charge on any atom is -0.489 e. The summed E-state index contributed by atoms with van der Waals surface area (Å²) in [7, 11) is 0. The van der Waals surface area contributed by atoms with Gasteiger partial charge in [-0.1, -0.05) is 85.8 Å². The first-order valence-corrected chi connectivity index (χ1v) is 12.9. The zero-order valence-corrected chi connectivity index (χ0v) is 21.7. The number of Topliss-reactive ketones (excluding diaryl/α,β-unsaturated/α-hetero) is 1. The molecule has 6 heteroatoms. The van der Waals surface area contributed by atoms with E-state index in [0.717, 1.165) is 11.1 Å². The van der Waals surface area contributed by atoms with E-state index in [1.54, 1.807) is 49.4 Å². The van der Waals surface area contributed by atoms with Crippen LogP contribution in [0.4, 0.5) is 4.39 Å². The molecule has 198 valence electrons. The Labute approximate surface area is 227 Å². The van der Waals surface area contributed by atoms with E-state index in [0.29, 0.717) is 22.6 Å². The minimum absolute atomic E-state index is 0.00985. The topological polar surface area (TPSA) is 76.0 Å². The van der Waals surface area contributed by atoms with E-state index >= 15 is 0 Å². The van der Waals surface area contributed by atoms with Gasteiger partial charge in [-0.25, -0.2) is 9.18 Å². The van der Waals surface area contributed by atoms with Gasteiger partial charge in [0.1, 0.15) is 18.2 Å². The highest BCUT2D eigenvalue weighted by Gasteiger charge is 2.37. The van der Waals surface area contributed by atoms with Gasteiger partial charge in [0, 0.05) is 28.7 Å². The number of benzene rings is 4. The second-order valence-corrected chi connectivity index (χ2v) is 9.21. The lowest BCUT2D eigenvalue weighted by Crippen LogP contribution is -2.38. The molecule has 0 aliphatic heterocycles. The van der Waals surface area contributed by atoms with Gasteiger partial charge in [0.15, 0.2) is 11.3 Å². The molecule has 0 unspecified atom stereocenters. The predicted molar refractivity (Wildman–Crippen MR) is 150 cm³/mol. The summed E-state index contributed by atoms with van der Waals surface area (Å²) >= 11 is 0. The number of ketones is 1. The van der Waals surface area contributed by atoms with E-state index in [1.165, 1.54) is 6.07 Å². The molecule has 0 amide bonds. The standard InChI is InChI=1S/C33H30FNO4/c1-2-33(32(37)38,35-31(25-11-5-3-6-12-25)26-13-7-4-8-14-26)22-21-30(36)24-17-19-28(20-18-24)39-23-27-15-9-10-16-29(27)34/h3-20H,2,21-23H2,1H3,(H,37,38)/t33-/m0/s1. The SMILES string of the molecule is CC[C@@](CCC(=O)c1ccc(OCc2ccccc2F)cc1)(N=C(c1ccccc1)c1ccccc1)C(=O)O. The molecule has 0 radical (unpaired) electrons. The zero-order chi connectivity index (χ0) is 27.7. The summed E-state index contributed by atoms with van der Waals surface area (Å²) in [4.78, 5) is 30.5. The molecule has 0 heterocycles. The van der Waals surface area contributed by atoms with Gasteiger partial charge in [0.25, 0.3) is 0 Å². The lowest BCUT2D eigenvalue weighted by molar-refractivity contribution is -0.143. The van der Waals surface area contributed by atoms with E-state index in [4.69, 9.17) is 9.73 Å². The Kier molecular flexibility index (Phi) is 9.00. The van der Waals surface area contributed by atoms with Crippen molar-refractivity contribution in [1.29, 1.82) is 0 Å². The quantitative estimate of drug-likeness (QED) is 0.158. The Hall–Kier alpha value is -4.58. The fourth-order valence-corrected chi connectivity index (χ4v) is 4.30. The largest absolute Gasteiger partial charge is 0.489 e. The van der Waals surface area contributed by atoms with Crippen molar-refractivity contribution in [3.63, 3.8) is 0 Å². The number of rotatable bonds is 12. The average molecular weight is 524 g/mol. The number of carbonyl (C=O) groups excluding carboxylic acids is 1. The highest BCUT2D eigenvalue weighted by Crippen LogP contribution is 2.28. The van der Waals surface area contributed by atoms with Crippen LogP contribution in [0.3, 0.4) is 0 Å². The maximum Gasteiger partial charge on any atom is 0.331 e. The van der Waals surface area contributed by atoms with Crippen LogP contribution in [0.5, 0.6) is 5.75 Å². The van der Waals surface area contributed by atoms with Gasteiger partial charge in [-0.2, -0.15) is 0 Å². The van der Waals surface area contributed by atoms with E-state index in [9.17, 15) is 19.1 Å². The Morgan fingerprint density at radius 2 is 1.36 bits per heavy atom. The molecule has 0 saturated heterocycles. The number of nitrogens with zero attached hydrogens (tertiary/aromatic N) is 1. The molecule has 5 nitrogen and oxygen atoms in total. The molecule has 4 rings (SSSR count). The third-order valence-corrected chi connectivity index (χ3v) is 6.70. The van der Waals surface area contributed by atoms with Gasteiger partial charge in [-0.05, 0) is 43.2 Å². The Morgan fingerprint density at radius 1 is 0.795 bits per heavy atom. The number of hydrogen-bond acceptors (Lipinski definition) is 4. The van der Waals surface area contributed by atoms with E-state index in [1.807, 2.05) is 60.7 Å². The maximum atomic E-state index is 13.8. The summed E-state index contributed by atoms with van der Waals surface area (Å²) in [6.07, 6.45) is 0.282. The number of carboxylic acid groups (broad SMARTS) is 1. The second-order valence-electron chi connectivity index (χ2n) is 9.21. The molecule has 0 aliphatic rings. The van der Waals surface area contributed by atoms with Crippen LogP contribution < -0.4 is 4.74 Å². The molecular formula is C33H30FNO4. The van der Waals surface area contributed by atoms with Gasteiger partial charge in [0.2, 0.25) is 0 Å². The Bertz CT molecular complexity index is 1390. The summed E-state index contributed by atoms with van der Waals surface area (Å²) < 4.78 is 19.5. The van der Waals surface area contributed by atoms with Gasteiger partial charge in [0.05, 0.1) is 5.71 Å². The summed E-state index contributed by atoms with van der Waals surface area (Å²) in [5.74, 6) is -1.10. The van der Waals surface area contributed by atoms with Crippen molar-refractivity contribution in [2.45, 2.75) is 38.3 Å². The van der Waals surface area contributed by atoms with Crippen LogP contribution in [0.2, 0.25) is 0 Å². The molecule has 0 aliphatic carbocycles. The van der Waals surface area contributed by atoms with Crippen molar-refractivity contribution in [2.24, 2.45) is 4.99 Å². The summed E-state index contributed by atoms with van der Waals surface area (Å²) in [5, 5.41) is 10.3. The molecule has 0 bridgehead atoms. The first kappa shape index (κ1) is 27.5. The van der Waals surface area contributed by atoms with Crippen molar-refractivity contribution in [3.05, 3.63) is 137 Å². The lowest BCUT2D eigenvalue weighted by Gasteiger charge is -2.25. The normalized spacial score (nSPS) is 12.3. The Balaban J connectivity index is 1.51. The first-order chi connectivity index (χ1) is 18.9. The van der Waals surface area contributed by atoms with Crippen molar-refractivity contribution in [1.82, 2.24) is 0 Å². The van der Waals surface area contributed by atoms with Gasteiger partial charge in [-0.3, -0.25) is 9.79 Å². The summed E-state index contributed by atoms with van der Waals surface area (Å²) in [5.41, 5.74) is 1.59. The minimum atomic E-state index is -1.47. The third-order valence-electron chi connectivity index (χ3n) is 6.70. The van der Waals surface area contributed by atoms with Gasteiger partial charge < -0.3 is 9.84 Å². The van der Waals surface area contributed by atoms with Crippen LogP contribution in [0.15, 0.2) is 114 Å². The molecule has 39 heavy (non-hydrogen) atoms. The molecule has 0 saturated carbocycles. The van der Waals surface area contributed by atoms with Crippen molar-refractivity contribution in [3.8, 4) is 5.75 Å². The van der Waals surface area contributed by atoms with Crippen LogP contribution in [0, 0.1) is 5.82 Å². The van der Waals surface area contributed by atoms with E-state index < -0.39 is 11.5 Å². The maximum absolute atomic E-state index is 13.8. The predicted octanol–water partition coefficient (Wildman–Crippen LogP) is 7.14. The zero-order valence-electron chi connectivity index (χ0n) is 21.7. The van der Waals surface area contributed by atoms with Crippen molar-refractivity contribution >= 4 is 17.5 Å². The molecule has 0 aromatic heterocycles. The number of carbonyl (C=O) groups is 2. The molecule has 1 N–H and O–H groups in total. The average Bonchev–Trinajstić information content (AvgIpc) is 2.98. The van der Waals surface area contributed by atoms with Gasteiger partial charge >= 0.3 is 5.97 Å². The fourth-order valence-electron chi connectivity index (χ4n) is 4.30. The number of carboxylic acids is 1. The van der Waals surface area contributed by atoms with Crippen LogP contribution in [0.1, 0.15) is 53.2 Å². The fraction of sp³-hybridized carbons (Fsp3) is 0.182. The van der Waals surface area contributed by atoms with Crippen LogP contribution in [-0.2, 0) is 11.4 Å². The van der Waals surface area contributed by atoms with Crippen molar-refractivity contribution < 1.29 is 23.8 Å². The Morgan fingerprint density at radius 3 is 1.90 bits per heavy atom. The summed E-state index contributed by atoms with van der Waals surface area (Å²) in [6, 6.07) is 31.9. The molecular weight excluding hydrogens is 493 g/mol. The number of halogens is 1. The highest BCUT2D eigenvalue weighted by molar-refractivity contribution is 6.13. The number of ether oxygens (including phenoxy) is 1. The smallest absolute Gasteiger partial charge is 0.331 e. The van der Waals surface area contributed by atoms with Crippen molar-refractivity contribution in [2.75, 3.05) is 0 Å². The highest BCUT2D eigenvalue weighted by atomic mass is 19.1. The molecule has 4 aromatic carbocycles. The number of aliphatic imine (C=N–C) groups is 1. The summed E-state index contributed by atoms with van der Waals surface area (Å²) in [6.45, 7) is 1.85. The van der Waals surface area contributed by atoms with Crippen LogP contribution in [-0.4, -0.2) is 28.1 Å². The molecule has 0 fully saturated rings. The van der Waals surface area contributed by atoms with Gasteiger partial charge in [-0.15, -0.1) is 0 Å². The molecule has 1 atom stereocenters. The van der Waals surface area contributed by atoms with E-state index in [-0.39, 0.29) is 37.5 Å².